The molecular weight excluding hydrogens is 294 g/mol. The standard InChI is InChI=1S/C14H22ClN3OS/c1-9(2)8-18-14(19)13(15)11(7-16-18)17-10-5-4-6-12(10)20-3/h7,9-10,12,17H,4-6,8H2,1-3H3. The summed E-state index contributed by atoms with van der Waals surface area (Å²) >= 11 is 8.08. The van der Waals surface area contributed by atoms with Crippen LogP contribution in [-0.4, -0.2) is 27.3 Å². The number of hydrogen-bond acceptors (Lipinski definition) is 4. The minimum absolute atomic E-state index is 0.205. The number of rotatable bonds is 5. The van der Waals surface area contributed by atoms with Crippen LogP contribution in [0.3, 0.4) is 0 Å². The van der Waals surface area contributed by atoms with Crippen molar-refractivity contribution in [3.05, 3.63) is 21.6 Å². The molecule has 0 aromatic carbocycles. The summed E-state index contributed by atoms with van der Waals surface area (Å²) < 4.78 is 1.44. The molecule has 1 aliphatic carbocycles. The van der Waals surface area contributed by atoms with Gasteiger partial charge in [-0.05, 0) is 25.0 Å². The number of nitrogens with one attached hydrogen (secondary N) is 1. The number of halogens is 1. The Balaban J connectivity index is 2.17. The van der Waals surface area contributed by atoms with Gasteiger partial charge in [-0.15, -0.1) is 0 Å². The predicted molar refractivity (Wildman–Crippen MR) is 86.9 cm³/mol. The van der Waals surface area contributed by atoms with Crippen LogP contribution in [0.5, 0.6) is 0 Å². The fraction of sp³-hybridized carbons (Fsp3) is 0.714. The number of anilines is 1. The second-order valence-corrected chi connectivity index (χ2v) is 7.16. The average molecular weight is 316 g/mol. The zero-order chi connectivity index (χ0) is 14.7. The van der Waals surface area contributed by atoms with E-state index >= 15 is 0 Å². The van der Waals surface area contributed by atoms with E-state index in [0.717, 1.165) is 6.42 Å². The summed E-state index contributed by atoms with van der Waals surface area (Å²) in [5.74, 6) is 0.366. The monoisotopic (exact) mass is 315 g/mol. The maximum Gasteiger partial charge on any atom is 0.287 e. The molecule has 1 saturated carbocycles. The molecule has 0 saturated heterocycles. The van der Waals surface area contributed by atoms with Crippen LogP contribution in [0, 0.1) is 5.92 Å². The van der Waals surface area contributed by atoms with Crippen molar-refractivity contribution in [3.63, 3.8) is 0 Å². The van der Waals surface area contributed by atoms with Gasteiger partial charge in [-0.1, -0.05) is 31.9 Å². The van der Waals surface area contributed by atoms with Crippen molar-refractivity contribution in [1.29, 1.82) is 0 Å². The van der Waals surface area contributed by atoms with Gasteiger partial charge in [0, 0.05) is 17.8 Å². The smallest absolute Gasteiger partial charge is 0.287 e. The van der Waals surface area contributed by atoms with Gasteiger partial charge >= 0.3 is 0 Å². The van der Waals surface area contributed by atoms with Crippen LogP contribution in [0.4, 0.5) is 5.69 Å². The third-order valence-electron chi connectivity index (χ3n) is 3.62. The molecule has 20 heavy (non-hydrogen) atoms. The highest BCUT2D eigenvalue weighted by molar-refractivity contribution is 7.99. The average Bonchev–Trinajstić information content (AvgIpc) is 2.85. The molecule has 1 N–H and O–H groups in total. The van der Waals surface area contributed by atoms with Crippen LogP contribution >= 0.6 is 23.4 Å². The van der Waals surface area contributed by atoms with Crippen molar-refractivity contribution in [2.45, 2.75) is 50.9 Å². The Labute approximate surface area is 129 Å². The second-order valence-electron chi connectivity index (χ2n) is 5.71. The summed E-state index contributed by atoms with van der Waals surface area (Å²) in [5, 5.41) is 8.47. The molecule has 1 aliphatic rings. The van der Waals surface area contributed by atoms with Crippen LogP contribution in [0.2, 0.25) is 5.02 Å². The Morgan fingerprint density at radius 3 is 2.95 bits per heavy atom. The first-order valence-corrected chi connectivity index (χ1v) is 8.74. The maximum absolute atomic E-state index is 12.2. The Morgan fingerprint density at radius 2 is 2.30 bits per heavy atom. The summed E-state index contributed by atoms with van der Waals surface area (Å²) in [5.41, 5.74) is 0.465. The molecule has 6 heteroatoms. The molecule has 0 aliphatic heterocycles. The lowest BCUT2D eigenvalue weighted by atomic mass is 10.2. The number of nitrogens with zero attached hydrogens (tertiary/aromatic N) is 2. The van der Waals surface area contributed by atoms with E-state index in [2.05, 4.69) is 30.5 Å². The van der Waals surface area contributed by atoms with Crippen molar-refractivity contribution in [2.24, 2.45) is 5.92 Å². The van der Waals surface area contributed by atoms with Gasteiger partial charge in [-0.3, -0.25) is 4.79 Å². The molecule has 0 radical (unpaired) electrons. The van der Waals surface area contributed by atoms with E-state index < -0.39 is 0 Å². The van der Waals surface area contributed by atoms with Gasteiger partial charge in [-0.2, -0.15) is 16.9 Å². The lowest BCUT2D eigenvalue weighted by Crippen LogP contribution is -2.30. The third-order valence-corrected chi connectivity index (χ3v) is 5.15. The molecule has 1 aromatic heterocycles. The number of aromatic nitrogens is 2. The molecule has 1 fully saturated rings. The Hall–Kier alpha value is -0.680. The molecule has 1 aromatic rings. The molecule has 0 spiro atoms. The van der Waals surface area contributed by atoms with Crippen LogP contribution in [0.25, 0.3) is 0 Å². The first-order chi connectivity index (χ1) is 9.52. The van der Waals surface area contributed by atoms with E-state index in [4.69, 9.17) is 11.6 Å². The van der Waals surface area contributed by atoms with Crippen LogP contribution in [0.15, 0.2) is 11.0 Å². The lowest BCUT2D eigenvalue weighted by Gasteiger charge is -2.21. The van der Waals surface area contributed by atoms with E-state index in [1.807, 2.05) is 11.8 Å². The van der Waals surface area contributed by atoms with Crippen molar-refractivity contribution in [2.75, 3.05) is 11.6 Å². The van der Waals surface area contributed by atoms with Crippen molar-refractivity contribution >= 4 is 29.1 Å². The van der Waals surface area contributed by atoms with Gasteiger partial charge in [0.05, 0.1) is 11.9 Å². The van der Waals surface area contributed by atoms with E-state index in [1.165, 1.54) is 17.5 Å². The topological polar surface area (TPSA) is 46.9 Å². The maximum atomic E-state index is 12.2. The van der Waals surface area contributed by atoms with Crippen LogP contribution in [0.1, 0.15) is 33.1 Å². The van der Waals surface area contributed by atoms with E-state index in [9.17, 15) is 4.79 Å². The molecule has 2 unspecified atom stereocenters. The Morgan fingerprint density at radius 1 is 1.55 bits per heavy atom. The minimum atomic E-state index is -0.205. The molecule has 0 amide bonds. The summed E-state index contributed by atoms with van der Waals surface area (Å²) in [6, 6.07) is 0.379. The SMILES string of the molecule is CSC1CCCC1Nc1cnn(CC(C)C)c(=O)c1Cl. The zero-order valence-corrected chi connectivity index (χ0v) is 13.8. The normalized spacial score (nSPS) is 22.4. The number of hydrogen-bond donors (Lipinski definition) is 1. The highest BCUT2D eigenvalue weighted by atomic mass is 35.5. The fourth-order valence-electron chi connectivity index (χ4n) is 2.61. The molecule has 4 nitrogen and oxygen atoms in total. The summed E-state index contributed by atoms with van der Waals surface area (Å²) in [7, 11) is 0. The van der Waals surface area contributed by atoms with Crippen molar-refractivity contribution < 1.29 is 0 Å². The van der Waals surface area contributed by atoms with Gasteiger partial charge < -0.3 is 5.32 Å². The molecule has 0 bridgehead atoms. The van der Waals surface area contributed by atoms with Gasteiger partial charge in [0.25, 0.3) is 5.56 Å². The van der Waals surface area contributed by atoms with Gasteiger partial charge in [0.1, 0.15) is 5.02 Å². The molecular formula is C14H22ClN3OS. The zero-order valence-electron chi connectivity index (χ0n) is 12.2. The first-order valence-electron chi connectivity index (χ1n) is 7.08. The highest BCUT2D eigenvalue weighted by Gasteiger charge is 2.27. The van der Waals surface area contributed by atoms with E-state index in [0.29, 0.717) is 29.4 Å². The number of thioether (sulfide) groups is 1. The Kier molecular flexibility index (Phi) is 5.38. The Bertz CT molecular complexity index is 518. The summed E-state index contributed by atoms with van der Waals surface area (Å²) in [6.07, 6.45) is 7.37. The molecule has 2 rings (SSSR count). The molecule has 112 valence electrons. The largest absolute Gasteiger partial charge is 0.379 e. The van der Waals surface area contributed by atoms with Crippen LogP contribution in [-0.2, 0) is 6.54 Å². The van der Waals surface area contributed by atoms with Gasteiger partial charge in [0.15, 0.2) is 0 Å². The summed E-state index contributed by atoms with van der Waals surface area (Å²) in [4.78, 5) is 12.2. The minimum Gasteiger partial charge on any atom is -0.379 e. The van der Waals surface area contributed by atoms with Crippen molar-refractivity contribution in [1.82, 2.24) is 9.78 Å². The lowest BCUT2D eigenvalue weighted by molar-refractivity contribution is 0.464. The van der Waals surface area contributed by atoms with Gasteiger partial charge in [-0.25, -0.2) is 4.68 Å². The van der Waals surface area contributed by atoms with Crippen LogP contribution < -0.4 is 10.9 Å². The highest BCUT2D eigenvalue weighted by Crippen LogP contribution is 2.31. The molecule has 2 atom stereocenters. The predicted octanol–water partition coefficient (Wildman–Crippen LogP) is 3.25. The first kappa shape index (κ1) is 15.7. The second kappa shape index (κ2) is 6.85. The fourth-order valence-corrected chi connectivity index (χ4v) is 3.75. The van der Waals surface area contributed by atoms with Gasteiger partial charge in [0.2, 0.25) is 0 Å². The van der Waals surface area contributed by atoms with E-state index in [-0.39, 0.29) is 10.6 Å². The third kappa shape index (κ3) is 3.50. The molecule has 1 heterocycles. The van der Waals surface area contributed by atoms with Crippen molar-refractivity contribution in [3.8, 4) is 0 Å². The quantitative estimate of drug-likeness (QED) is 0.906. The summed E-state index contributed by atoms with van der Waals surface area (Å²) in [6.45, 7) is 4.70. The van der Waals surface area contributed by atoms with E-state index in [1.54, 1.807) is 6.20 Å².